The highest BCUT2D eigenvalue weighted by Gasteiger charge is 2.53. The smallest absolute Gasteiger partial charge is 0.0266 e. The van der Waals surface area contributed by atoms with E-state index >= 15 is 0 Å². The van der Waals surface area contributed by atoms with Crippen LogP contribution in [-0.2, 0) is 0 Å². The van der Waals surface area contributed by atoms with E-state index in [0.29, 0.717) is 5.41 Å². The standard InChI is InChI=1S/C15H30/c1-7-12(4)8-9-13(5)15(6)10-14(15)11(2)3/h11-14H,7-10H2,1-6H3. The van der Waals surface area contributed by atoms with Gasteiger partial charge in [0.1, 0.15) is 0 Å². The second kappa shape index (κ2) is 4.89. The molecule has 0 aromatic rings. The lowest BCUT2D eigenvalue weighted by molar-refractivity contribution is 0.267. The van der Waals surface area contributed by atoms with E-state index in [1.165, 1.54) is 25.7 Å². The third-order valence-electron chi connectivity index (χ3n) is 5.07. The lowest BCUT2D eigenvalue weighted by atomic mass is 9.82. The summed E-state index contributed by atoms with van der Waals surface area (Å²) in [6.07, 6.45) is 5.69. The van der Waals surface area contributed by atoms with Gasteiger partial charge in [-0.2, -0.15) is 0 Å². The molecule has 0 radical (unpaired) electrons. The predicted molar refractivity (Wildman–Crippen MR) is 68.9 cm³/mol. The summed E-state index contributed by atoms with van der Waals surface area (Å²) < 4.78 is 0. The van der Waals surface area contributed by atoms with E-state index < -0.39 is 0 Å². The Kier molecular flexibility index (Phi) is 4.26. The topological polar surface area (TPSA) is 0 Å². The van der Waals surface area contributed by atoms with Crippen LogP contribution in [0, 0.1) is 29.1 Å². The van der Waals surface area contributed by atoms with Crippen molar-refractivity contribution in [2.75, 3.05) is 0 Å². The third-order valence-corrected chi connectivity index (χ3v) is 5.07. The zero-order chi connectivity index (χ0) is 11.6. The third kappa shape index (κ3) is 2.98. The second-order valence-electron chi connectivity index (χ2n) is 6.55. The predicted octanol–water partition coefficient (Wildman–Crippen LogP) is 5.13. The van der Waals surface area contributed by atoms with Crippen LogP contribution in [0.3, 0.4) is 0 Å². The zero-order valence-corrected chi connectivity index (χ0v) is 11.6. The van der Waals surface area contributed by atoms with E-state index in [1.807, 2.05) is 0 Å². The molecule has 4 unspecified atom stereocenters. The summed E-state index contributed by atoms with van der Waals surface area (Å²) in [5, 5.41) is 0. The fraction of sp³-hybridized carbons (Fsp3) is 1.00. The largest absolute Gasteiger partial charge is 0.0651 e. The highest BCUT2D eigenvalue weighted by Crippen LogP contribution is 2.61. The molecule has 0 aromatic carbocycles. The Morgan fingerprint density at radius 1 is 1.13 bits per heavy atom. The van der Waals surface area contributed by atoms with Gasteiger partial charge in [-0.05, 0) is 41.9 Å². The van der Waals surface area contributed by atoms with Crippen molar-refractivity contribution in [1.82, 2.24) is 0 Å². The molecule has 1 aliphatic rings. The lowest BCUT2D eigenvalue weighted by Gasteiger charge is -2.23. The summed E-state index contributed by atoms with van der Waals surface area (Å²) in [4.78, 5) is 0. The van der Waals surface area contributed by atoms with Crippen molar-refractivity contribution in [2.45, 2.75) is 67.2 Å². The molecule has 15 heavy (non-hydrogen) atoms. The Morgan fingerprint density at radius 3 is 2.13 bits per heavy atom. The molecule has 1 rings (SSSR count). The van der Waals surface area contributed by atoms with Gasteiger partial charge in [0.2, 0.25) is 0 Å². The van der Waals surface area contributed by atoms with Crippen molar-refractivity contribution in [3.8, 4) is 0 Å². The summed E-state index contributed by atoms with van der Waals surface area (Å²) in [7, 11) is 0. The van der Waals surface area contributed by atoms with Crippen LogP contribution in [0.2, 0.25) is 0 Å². The lowest BCUT2D eigenvalue weighted by Crippen LogP contribution is -2.14. The van der Waals surface area contributed by atoms with E-state index in [0.717, 1.165) is 23.7 Å². The fourth-order valence-electron chi connectivity index (χ4n) is 3.05. The van der Waals surface area contributed by atoms with Gasteiger partial charge in [0, 0.05) is 0 Å². The molecule has 0 heterocycles. The Hall–Kier alpha value is 0. The van der Waals surface area contributed by atoms with Crippen LogP contribution in [0.15, 0.2) is 0 Å². The fourth-order valence-corrected chi connectivity index (χ4v) is 3.05. The van der Waals surface area contributed by atoms with Crippen molar-refractivity contribution in [2.24, 2.45) is 29.1 Å². The SMILES string of the molecule is CCC(C)CCC(C)C1(C)CC1C(C)C. The number of rotatable bonds is 6. The monoisotopic (exact) mass is 210 g/mol. The highest BCUT2D eigenvalue weighted by atomic mass is 14.6. The van der Waals surface area contributed by atoms with Gasteiger partial charge in [0.15, 0.2) is 0 Å². The van der Waals surface area contributed by atoms with E-state index in [-0.39, 0.29) is 0 Å². The zero-order valence-electron chi connectivity index (χ0n) is 11.6. The molecule has 1 aliphatic carbocycles. The molecule has 0 bridgehead atoms. The maximum atomic E-state index is 2.51. The van der Waals surface area contributed by atoms with Crippen molar-refractivity contribution in [3.05, 3.63) is 0 Å². The minimum absolute atomic E-state index is 0.682. The minimum Gasteiger partial charge on any atom is -0.0651 e. The summed E-state index contributed by atoms with van der Waals surface area (Å²) in [5.41, 5.74) is 0.682. The van der Waals surface area contributed by atoms with Crippen molar-refractivity contribution in [3.63, 3.8) is 0 Å². The molecule has 1 fully saturated rings. The van der Waals surface area contributed by atoms with Gasteiger partial charge in [-0.3, -0.25) is 0 Å². The van der Waals surface area contributed by atoms with Crippen LogP contribution in [0.4, 0.5) is 0 Å². The molecule has 0 amide bonds. The molecule has 0 aliphatic heterocycles. The van der Waals surface area contributed by atoms with Gasteiger partial charge in [-0.15, -0.1) is 0 Å². The first kappa shape index (κ1) is 13.1. The van der Waals surface area contributed by atoms with Crippen molar-refractivity contribution < 1.29 is 0 Å². The number of hydrogen-bond acceptors (Lipinski definition) is 0. The molecule has 0 nitrogen and oxygen atoms in total. The van der Waals surface area contributed by atoms with E-state index in [1.54, 1.807) is 0 Å². The van der Waals surface area contributed by atoms with Crippen molar-refractivity contribution >= 4 is 0 Å². The first-order valence-electron chi connectivity index (χ1n) is 6.91. The Bertz CT molecular complexity index is 194. The quantitative estimate of drug-likeness (QED) is 0.570. The summed E-state index contributed by atoms with van der Waals surface area (Å²) in [5.74, 6) is 3.75. The van der Waals surface area contributed by atoms with Crippen LogP contribution in [0.25, 0.3) is 0 Å². The molecular weight excluding hydrogens is 180 g/mol. The maximum absolute atomic E-state index is 2.51. The Balaban J connectivity index is 2.32. The van der Waals surface area contributed by atoms with Gasteiger partial charge in [-0.1, -0.05) is 54.4 Å². The van der Waals surface area contributed by atoms with Crippen LogP contribution >= 0.6 is 0 Å². The molecule has 0 saturated heterocycles. The van der Waals surface area contributed by atoms with Crippen LogP contribution in [0.1, 0.15) is 67.2 Å². The molecule has 0 aromatic heterocycles. The number of hydrogen-bond donors (Lipinski definition) is 0. The molecule has 4 atom stereocenters. The van der Waals surface area contributed by atoms with Gasteiger partial charge in [0.05, 0.1) is 0 Å². The van der Waals surface area contributed by atoms with E-state index in [9.17, 15) is 0 Å². The second-order valence-corrected chi connectivity index (χ2v) is 6.55. The average Bonchev–Trinajstić information content (AvgIpc) is 2.88. The van der Waals surface area contributed by atoms with Crippen LogP contribution in [0.5, 0.6) is 0 Å². The van der Waals surface area contributed by atoms with Gasteiger partial charge < -0.3 is 0 Å². The average molecular weight is 210 g/mol. The Morgan fingerprint density at radius 2 is 1.73 bits per heavy atom. The molecule has 0 N–H and O–H groups in total. The van der Waals surface area contributed by atoms with E-state index in [2.05, 4.69) is 41.5 Å². The van der Waals surface area contributed by atoms with Gasteiger partial charge in [0.25, 0.3) is 0 Å². The first-order valence-corrected chi connectivity index (χ1v) is 6.91. The summed E-state index contributed by atoms with van der Waals surface area (Å²) in [6, 6.07) is 0. The molecule has 1 saturated carbocycles. The van der Waals surface area contributed by atoms with Crippen LogP contribution < -0.4 is 0 Å². The summed E-state index contributed by atoms with van der Waals surface area (Å²) >= 11 is 0. The van der Waals surface area contributed by atoms with Crippen LogP contribution in [-0.4, -0.2) is 0 Å². The molecule has 90 valence electrons. The molecular formula is C15H30. The van der Waals surface area contributed by atoms with E-state index in [4.69, 9.17) is 0 Å². The molecule has 0 spiro atoms. The maximum Gasteiger partial charge on any atom is -0.0266 e. The van der Waals surface area contributed by atoms with Gasteiger partial charge >= 0.3 is 0 Å². The summed E-state index contributed by atoms with van der Waals surface area (Å²) in [6.45, 7) is 14.5. The molecule has 0 heteroatoms. The van der Waals surface area contributed by atoms with Crippen molar-refractivity contribution in [1.29, 1.82) is 0 Å². The normalized spacial score (nSPS) is 34.2. The highest BCUT2D eigenvalue weighted by molar-refractivity contribution is 5.02. The minimum atomic E-state index is 0.682. The van der Waals surface area contributed by atoms with Gasteiger partial charge in [-0.25, -0.2) is 0 Å². The first-order chi connectivity index (χ1) is 6.91. The Labute approximate surface area is 96.8 Å².